The number of nitrogens with zero attached hydrogens (tertiary/aromatic N) is 2. The second-order valence-corrected chi connectivity index (χ2v) is 5.48. The molecule has 0 bridgehead atoms. The van der Waals surface area contributed by atoms with Crippen molar-refractivity contribution >= 4 is 12.0 Å². The van der Waals surface area contributed by atoms with Gasteiger partial charge in [-0.25, -0.2) is 4.79 Å². The van der Waals surface area contributed by atoms with E-state index in [9.17, 15) is 4.79 Å². The van der Waals surface area contributed by atoms with Crippen LogP contribution >= 0.6 is 0 Å². The Morgan fingerprint density at radius 3 is 2.21 bits per heavy atom. The molecule has 0 aliphatic rings. The van der Waals surface area contributed by atoms with Gasteiger partial charge in [0.1, 0.15) is 5.75 Å². The minimum Gasteiger partial charge on any atom is -0.493 e. The average molecular weight is 382 g/mol. The second-order valence-electron chi connectivity index (χ2n) is 5.48. The standard InChI is InChI=1S/C20H18N2O6/c1-24-16-10-13(11-17(25-2)19(16)26-3)4-9-18(23)28-15-7-5-14(6-8-15)20-22-21-12-27-20/h4-12H,1-3H3/b9-4+. The molecule has 0 atom stereocenters. The first-order valence-corrected chi connectivity index (χ1v) is 8.21. The smallest absolute Gasteiger partial charge is 0.336 e. The van der Waals surface area contributed by atoms with Gasteiger partial charge in [-0.15, -0.1) is 10.2 Å². The van der Waals surface area contributed by atoms with E-state index in [1.807, 2.05) is 0 Å². The lowest BCUT2D eigenvalue weighted by atomic mass is 10.1. The third-order valence-electron chi connectivity index (χ3n) is 3.78. The summed E-state index contributed by atoms with van der Waals surface area (Å²) in [6.45, 7) is 0. The predicted molar refractivity (Wildman–Crippen MR) is 101 cm³/mol. The van der Waals surface area contributed by atoms with Gasteiger partial charge in [0.05, 0.1) is 21.3 Å². The molecular formula is C20H18N2O6. The van der Waals surface area contributed by atoms with Gasteiger partial charge in [0.25, 0.3) is 0 Å². The molecule has 3 aromatic rings. The van der Waals surface area contributed by atoms with Crippen molar-refractivity contribution in [1.82, 2.24) is 10.2 Å². The van der Waals surface area contributed by atoms with Gasteiger partial charge in [-0.05, 0) is 48.0 Å². The van der Waals surface area contributed by atoms with Crippen molar-refractivity contribution in [2.45, 2.75) is 0 Å². The zero-order valence-corrected chi connectivity index (χ0v) is 15.5. The summed E-state index contributed by atoms with van der Waals surface area (Å²) in [4.78, 5) is 12.1. The van der Waals surface area contributed by atoms with E-state index in [1.165, 1.54) is 33.8 Å². The fourth-order valence-electron chi connectivity index (χ4n) is 2.48. The Labute approximate surface area is 161 Å². The van der Waals surface area contributed by atoms with Gasteiger partial charge < -0.3 is 23.4 Å². The minimum absolute atomic E-state index is 0.389. The fourth-order valence-corrected chi connectivity index (χ4v) is 2.48. The van der Waals surface area contributed by atoms with Crippen molar-refractivity contribution in [2.24, 2.45) is 0 Å². The van der Waals surface area contributed by atoms with Crippen LogP contribution in [0.2, 0.25) is 0 Å². The molecule has 1 aromatic heterocycles. The van der Waals surface area contributed by atoms with Crippen molar-refractivity contribution in [3.63, 3.8) is 0 Å². The molecule has 0 N–H and O–H groups in total. The molecule has 2 aromatic carbocycles. The van der Waals surface area contributed by atoms with Gasteiger partial charge in [-0.2, -0.15) is 0 Å². The Morgan fingerprint density at radius 1 is 1.00 bits per heavy atom. The maximum Gasteiger partial charge on any atom is 0.336 e. The highest BCUT2D eigenvalue weighted by Gasteiger charge is 2.12. The molecule has 0 fully saturated rings. The van der Waals surface area contributed by atoms with Gasteiger partial charge in [0.15, 0.2) is 11.5 Å². The lowest BCUT2D eigenvalue weighted by Crippen LogP contribution is -2.03. The van der Waals surface area contributed by atoms with E-state index in [4.69, 9.17) is 23.4 Å². The maximum atomic E-state index is 12.1. The predicted octanol–water partition coefficient (Wildman–Crippen LogP) is 3.38. The molecule has 1 heterocycles. The Morgan fingerprint density at radius 2 is 1.68 bits per heavy atom. The van der Waals surface area contributed by atoms with Crippen LogP contribution in [0.5, 0.6) is 23.0 Å². The summed E-state index contributed by atoms with van der Waals surface area (Å²) in [5.41, 5.74) is 1.42. The highest BCUT2D eigenvalue weighted by Crippen LogP contribution is 2.38. The van der Waals surface area contributed by atoms with Crippen molar-refractivity contribution in [2.75, 3.05) is 21.3 Å². The topological polar surface area (TPSA) is 92.9 Å². The number of carbonyl (C=O) groups is 1. The van der Waals surface area contributed by atoms with Crippen molar-refractivity contribution in [3.8, 4) is 34.5 Å². The van der Waals surface area contributed by atoms with E-state index in [1.54, 1.807) is 42.5 Å². The van der Waals surface area contributed by atoms with E-state index in [-0.39, 0.29) is 0 Å². The summed E-state index contributed by atoms with van der Waals surface area (Å²) in [7, 11) is 4.57. The molecule has 28 heavy (non-hydrogen) atoms. The monoisotopic (exact) mass is 382 g/mol. The first-order chi connectivity index (χ1) is 13.6. The molecule has 0 amide bonds. The summed E-state index contributed by atoms with van der Waals surface area (Å²) in [6, 6.07) is 10.2. The molecule has 0 spiro atoms. The number of hydrogen-bond acceptors (Lipinski definition) is 8. The molecule has 0 saturated carbocycles. The van der Waals surface area contributed by atoms with Gasteiger partial charge in [0.2, 0.25) is 18.0 Å². The highest BCUT2D eigenvalue weighted by molar-refractivity contribution is 5.89. The van der Waals surface area contributed by atoms with E-state index in [0.29, 0.717) is 34.5 Å². The molecular weight excluding hydrogens is 364 g/mol. The molecule has 8 heteroatoms. The third kappa shape index (κ3) is 4.29. The molecule has 0 unspecified atom stereocenters. The summed E-state index contributed by atoms with van der Waals surface area (Å²) < 4.78 is 26.3. The summed E-state index contributed by atoms with van der Waals surface area (Å²) in [6.07, 6.45) is 4.16. The number of benzene rings is 2. The fraction of sp³-hybridized carbons (Fsp3) is 0.150. The zero-order chi connectivity index (χ0) is 19.9. The summed E-state index contributed by atoms with van der Waals surface area (Å²) >= 11 is 0. The van der Waals surface area contributed by atoms with Crippen molar-refractivity contribution in [1.29, 1.82) is 0 Å². The lowest BCUT2D eigenvalue weighted by molar-refractivity contribution is -0.128. The maximum absolute atomic E-state index is 12.1. The van der Waals surface area contributed by atoms with Crippen molar-refractivity contribution in [3.05, 3.63) is 54.4 Å². The largest absolute Gasteiger partial charge is 0.493 e. The number of rotatable bonds is 7. The van der Waals surface area contributed by atoms with Gasteiger partial charge >= 0.3 is 5.97 Å². The number of ether oxygens (including phenoxy) is 4. The Hall–Kier alpha value is -3.81. The van der Waals surface area contributed by atoms with Gasteiger partial charge in [-0.1, -0.05) is 0 Å². The second kappa shape index (κ2) is 8.72. The van der Waals surface area contributed by atoms with Crippen LogP contribution in [0.25, 0.3) is 17.5 Å². The van der Waals surface area contributed by atoms with Crippen LogP contribution in [-0.2, 0) is 4.79 Å². The van der Waals surface area contributed by atoms with Crippen LogP contribution in [-0.4, -0.2) is 37.5 Å². The normalized spacial score (nSPS) is 10.7. The van der Waals surface area contributed by atoms with Gasteiger partial charge in [-0.3, -0.25) is 0 Å². The SMILES string of the molecule is COc1cc(/C=C/C(=O)Oc2ccc(-c3nnco3)cc2)cc(OC)c1OC. The first-order valence-electron chi connectivity index (χ1n) is 8.21. The quantitative estimate of drug-likeness (QED) is 0.349. The van der Waals surface area contributed by atoms with Crippen LogP contribution in [0.3, 0.4) is 0 Å². The minimum atomic E-state index is -0.528. The number of hydrogen-bond donors (Lipinski definition) is 0. The molecule has 8 nitrogen and oxygen atoms in total. The number of methoxy groups -OCH3 is 3. The average Bonchev–Trinajstić information content (AvgIpc) is 3.26. The Kier molecular flexibility index (Phi) is 5.91. The van der Waals surface area contributed by atoms with Crippen molar-refractivity contribution < 1.29 is 28.2 Å². The molecule has 0 radical (unpaired) electrons. The van der Waals surface area contributed by atoms with E-state index >= 15 is 0 Å². The highest BCUT2D eigenvalue weighted by atomic mass is 16.5. The number of esters is 1. The summed E-state index contributed by atoms with van der Waals surface area (Å²) in [5, 5.41) is 7.44. The Bertz CT molecular complexity index is 940. The number of aromatic nitrogens is 2. The van der Waals surface area contributed by atoms with E-state index in [0.717, 1.165) is 5.56 Å². The number of carbonyl (C=O) groups excluding carboxylic acids is 1. The molecule has 144 valence electrons. The lowest BCUT2D eigenvalue weighted by Gasteiger charge is -2.12. The molecule has 3 rings (SSSR count). The van der Waals surface area contributed by atoms with Gasteiger partial charge in [0, 0.05) is 11.6 Å². The van der Waals surface area contributed by atoms with E-state index in [2.05, 4.69) is 10.2 Å². The third-order valence-corrected chi connectivity index (χ3v) is 3.78. The molecule has 0 saturated heterocycles. The summed E-state index contributed by atoms with van der Waals surface area (Å²) in [5.74, 6) is 1.71. The molecule has 0 aliphatic heterocycles. The first kappa shape index (κ1) is 19.0. The van der Waals surface area contributed by atoms with Crippen LogP contribution in [0, 0.1) is 0 Å². The zero-order valence-electron chi connectivity index (χ0n) is 15.5. The van der Waals surface area contributed by atoms with Crippen LogP contribution in [0.4, 0.5) is 0 Å². The Balaban J connectivity index is 1.70. The molecule has 0 aliphatic carbocycles. The van der Waals surface area contributed by atoms with E-state index < -0.39 is 5.97 Å². The van der Waals surface area contributed by atoms with Crippen LogP contribution in [0.15, 0.2) is 53.3 Å². The van der Waals surface area contributed by atoms with Crippen LogP contribution in [0.1, 0.15) is 5.56 Å². The van der Waals surface area contributed by atoms with Crippen LogP contribution < -0.4 is 18.9 Å².